The summed E-state index contributed by atoms with van der Waals surface area (Å²) in [6.45, 7) is 26.0. The summed E-state index contributed by atoms with van der Waals surface area (Å²) in [7, 11) is 1.70. The van der Waals surface area contributed by atoms with Gasteiger partial charge in [0.25, 0.3) is 0 Å². The molecule has 1 heterocycles. The van der Waals surface area contributed by atoms with Gasteiger partial charge in [0.05, 0.1) is 31.7 Å². The van der Waals surface area contributed by atoms with E-state index in [1.807, 2.05) is 13.8 Å². The summed E-state index contributed by atoms with van der Waals surface area (Å²) in [5.41, 5.74) is 8.56. The molecule has 0 spiro atoms. The highest BCUT2D eigenvalue weighted by Crippen LogP contribution is 2.40. The molecule has 256 valence electrons. The third-order valence-corrected chi connectivity index (χ3v) is 8.57. The van der Waals surface area contributed by atoms with E-state index in [0.717, 1.165) is 86.0 Å². The molecule has 1 aliphatic heterocycles. The second-order valence-corrected chi connectivity index (χ2v) is 13.2. The second-order valence-electron chi connectivity index (χ2n) is 13.2. The summed E-state index contributed by atoms with van der Waals surface area (Å²) < 4.78 is 11.4. The number of methoxy groups -OCH3 is 1. The van der Waals surface area contributed by atoms with Crippen LogP contribution in [-0.2, 0) is 16.7 Å². The van der Waals surface area contributed by atoms with Crippen molar-refractivity contribution in [3.8, 4) is 16.9 Å². The van der Waals surface area contributed by atoms with E-state index in [4.69, 9.17) is 9.47 Å². The highest BCUT2D eigenvalue weighted by atomic mass is 16.5. The number of anilines is 3. The summed E-state index contributed by atoms with van der Waals surface area (Å²) in [4.78, 5) is 2.45. The Labute approximate surface area is 289 Å². The Morgan fingerprint density at radius 3 is 2.08 bits per heavy atom. The van der Waals surface area contributed by atoms with Crippen LogP contribution in [0.1, 0.15) is 71.9 Å². The number of nitrogens with one attached hydrogen (secondary N) is 3. The molecule has 1 saturated heterocycles. The molecule has 0 amide bonds. The maximum atomic E-state index is 5.94. The third kappa shape index (κ3) is 9.42. The molecule has 0 atom stereocenters. The molecular formula is C42H56N4O2. The Morgan fingerprint density at radius 1 is 0.833 bits per heavy atom. The van der Waals surface area contributed by atoms with Gasteiger partial charge in [-0.25, -0.2) is 0 Å². The zero-order chi connectivity index (χ0) is 34.7. The average Bonchev–Trinajstić information content (AvgIpc) is 3.09. The molecule has 0 aromatic heterocycles. The Balaban J connectivity index is 0.00000255. The van der Waals surface area contributed by atoms with Crippen LogP contribution in [0, 0.1) is 0 Å². The fourth-order valence-electron chi connectivity index (χ4n) is 5.93. The number of rotatable bonds is 13. The van der Waals surface area contributed by atoms with Crippen molar-refractivity contribution in [1.82, 2.24) is 4.90 Å². The number of hydrogen-bond donors (Lipinski definition) is 3. The molecule has 3 N–H and O–H groups in total. The van der Waals surface area contributed by atoms with E-state index in [2.05, 4.69) is 134 Å². The minimum atomic E-state index is -0.0641. The maximum absolute atomic E-state index is 5.94. The van der Waals surface area contributed by atoms with E-state index < -0.39 is 0 Å². The number of hydrogen-bond acceptors (Lipinski definition) is 6. The summed E-state index contributed by atoms with van der Waals surface area (Å²) in [6.07, 6.45) is 3.12. The summed E-state index contributed by atoms with van der Waals surface area (Å²) in [5.74, 6) is 1.39. The lowest BCUT2D eigenvalue weighted by molar-refractivity contribution is 0.0342. The number of unbranched alkanes of at least 4 members (excludes halogenated alkanes) is 1. The standard InChI is InChI=1S/C40H50N4O2.C2H6/c1-8-9-12-28(2)41-37-25-32(40(4,5)6)26-38(39(37)45-7)43-29(3)42-36-20-19-33(34-13-10-11-14-35(34)36)31-17-15-30(16-18-31)27-44-21-23-46-24-22-44;1-2/h10-11,13-20,25-26,41-43H,2-3,8-9,12,21-24,27H2,1,4-7H3;1-2H3. The zero-order valence-electron chi connectivity index (χ0n) is 30.3. The highest BCUT2D eigenvalue weighted by Gasteiger charge is 2.21. The normalized spacial score (nSPS) is 13.3. The Morgan fingerprint density at radius 2 is 1.46 bits per heavy atom. The van der Waals surface area contributed by atoms with Crippen LogP contribution in [-0.4, -0.2) is 38.3 Å². The van der Waals surface area contributed by atoms with Crippen LogP contribution in [0.15, 0.2) is 97.5 Å². The fourth-order valence-corrected chi connectivity index (χ4v) is 5.93. The SMILES string of the molecule is C=C(CCCC)Nc1cc(C(C)(C)C)cc(NC(=C)Nc2ccc(-c3ccc(CN4CCOCC4)cc3)c3ccccc23)c1OC.CC. The van der Waals surface area contributed by atoms with Crippen LogP contribution in [0.5, 0.6) is 5.75 Å². The highest BCUT2D eigenvalue weighted by molar-refractivity contribution is 6.04. The first-order chi connectivity index (χ1) is 23.2. The molecular weight excluding hydrogens is 592 g/mol. The molecule has 1 aliphatic rings. The monoisotopic (exact) mass is 648 g/mol. The quantitative estimate of drug-likeness (QED) is 0.134. The van der Waals surface area contributed by atoms with Crippen molar-refractivity contribution in [2.75, 3.05) is 49.4 Å². The first kappa shape index (κ1) is 36.6. The molecule has 0 saturated carbocycles. The molecule has 4 aromatic rings. The first-order valence-electron chi connectivity index (χ1n) is 17.5. The van der Waals surface area contributed by atoms with Crippen LogP contribution in [0.2, 0.25) is 0 Å². The largest absolute Gasteiger partial charge is 0.492 e. The number of morpholine rings is 1. The Kier molecular flexibility index (Phi) is 13.1. The van der Waals surface area contributed by atoms with Gasteiger partial charge >= 0.3 is 0 Å². The van der Waals surface area contributed by atoms with E-state index in [9.17, 15) is 0 Å². The summed E-state index contributed by atoms with van der Waals surface area (Å²) in [5, 5.41) is 12.9. The number of benzene rings is 4. The van der Waals surface area contributed by atoms with Gasteiger partial charge in [-0.3, -0.25) is 4.90 Å². The minimum absolute atomic E-state index is 0.0641. The van der Waals surface area contributed by atoms with Crippen molar-refractivity contribution < 1.29 is 9.47 Å². The van der Waals surface area contributed by atoms with Crippen LogP contribution in [0.3, 0.4) is 0 Å². The van der Waals surface area contributed by atoms with Crippen molar-refractivity contribution >= 4 is 27.8 Å². The summed E-state index contributed by atoms with van der Waals surface area (Å²) >= 11 is 0. The molecule has 6 heteroatoms. The number of fused-ring (bicyclic) bond motifs is 1. The molecule has 0 unspecified atom stereocenters. The lowest BCUT2D eigenvalue weighted by Gasteiger charge is -2.26. The molecule has 1 fully saturated rings. The molecule has 0 aliphatic carbocycles. The van der Waals surface area contributed by atoms with Gasteiger partial charge < -0.3 is 25.4 Å². The van der Waals surface area contributed by atoms with Gasteiger partial charge in [0.15, 0.2) is 5.75 Å². The van der Waals surface area contributed by atoms with E-state index in [0.29, 0.717) is 5.82 Å². The topological polar surface area (TPSA) is 57.8 Å². The average molecular weight is 649 g/mol. The number of nitrogens with zero attached hydrogens (tertiary/aromatic N) is 1. The van der Waals surface area contributed by atoms with E-state index in [1.54, 1.807) is 7.11 Å². The lowest BCUT2D eigenvalue weighted by atomic mass is 9.86. The van der Waals surface area contributed by atoms with Gasteiger partial charge in [0.2, 0.25) is 0 Å². The van der Waals surface area contributed by atoms with Crippen LogP contribution < -0.4 is 20.7 Å². The zero-order valence-corrected chi connectivity index (χ0v) is 30.3. The molecule has 5 rings (SSSR count). The van der Waals surface area contributed by atoms with Gasteiger partial charge in [0, 0.05) is 36.4 Å². The van der Waals surface area contributed by atoms with Crippen molar-refractivity contribution in [3.63, 3.8) is 0 Å². The molecule has 6 nitrogen and oxygen atoms in total. The van der Waals surface area contributed by atoms with Crippen molar-refractivity contribution in [1.29, 1.82) is 0 Å². The van der Waals surface area contributed by atoms with Crippen LogP contribution in [0.4, 0.5) is 17.1 Å². The molecule has 0 bridgehead atoms. The first-order valence-corrected chi connectivity index (χ1v) is 17.5. The van der Waals surface area contributed by atoms with Crippen LogP contribution in [0.25, 0.3) is 21.9 Å². The van der Waals surface area contributed by atoms with Gasteiger partial charge in [0.1, 0.15) is 5.82 Å². The third-order valence-electron chi connectivity index (χ3n) is 8.57. The van der Waals surface area contributed by atoms with E-state index >= 15 is 0 Å². The number of ether oxygens (including phenoxy) is 2. The predicted molar refractivity (Wildman–Crippen MR) is 207 cm³/mol. The van der Waals surface area contributed by atoms with Crippen molar-refractivity contribution in [2.45, 2.75) is 72.8 Å². The molecule has 0 radical (unpaired) electrons. The summed E-state index contributed by atoms with van der Waals surface area (Å²) in [6, 6.07) is 26.1. The minimum Gasteiger partial charge on any atom is -0.492 e. The number of allylic oxidation sites excluding steroid dienone is 1. The Hall–Kier alpha value is -4.26. The fraction of sp³-hybridized carbons (Fsp3) is 0.381. The van der Waals surface area contributed by atoms with E-state index in [1.165, 1.54) is 27.6 Å². The van der Waals surface area contributed by atoms with Gasteiger partial charge in [-0.1, -0.05) is 116 Å². The molecule has 4 aromatic carbocycles. The maximum Gasteiger partial charge on any atom is 0.165 e. The van der Waals surface area contributed by atoms with Crippen molar-refractivity contribution in [3.05, 3.63) is 109 Å². The van der Waals surface area contributed by atoms with Gasteiger partial charge in [-0.15, -0.1) is 0 Å². The smallest absolute Gasteiger partial charge is 0.165 e. The Bertz CT molecular complexity index is 1660. The van der Waals surface area contributed by atoms with Crippen LogP contribution >= 0.6 is 0 Å². The molecule has 48 heavy (non-hydrogen) atoms. The van der Waals surface area contributed by atoms with Crippen molar-refractivity contribution in [2.24, 2.45) is 0 Å². The lowest BCUT2D eigenvalue weighted by Crippen LogP contribution is -2.35. The second kappa shape index (κ2) is 17.2. The van der Waals surface area contributed by atoms with Gasteiger partial charge in [-0.05, 0) is 64.1 Å². The van der Waals surface area contributed by atoms with Gasteiger partial charge in [-0.2, -0.15) is 0 Å². The predicted octanol–water partition coefficient (Wildman–Crippen LogP) is 10.8. The van der Waals surface area contributed by atoms with E-state index in [-0.39, 0.29) is 5.41 Å².